The van der Waals surface area contributed by atoms with E-state index in [1.807, 2.05) is 6.92 Å². The first kappa shape index (κ1) is 35.6. The van der Waals surface area contributed by atoms with Crippen LogP contribution >= 0.6 is 0 Å². The van der Waals surface area contributed by atoms with Crippen molar-refractivity contribution in [2.75, 3.05) is 26.3 Å². The minimum Gasteiger partial charge on any atom is -0.394 e. The lowest BCUT2D eigenvalue weighted by molar-refractivity contribution is -0.405. The number of rotatable bonds is 17. The predicted octanol–water partition coefficient (Wildman–Crippen LogP) is -2.96. The van der Waals surface area contributed by atoms with E-state index in [1.165, 1.54) is 4.90 Å². The molecule has 2 aliphatic rings. The lowest BCUT2D eigenvalue weighted by Crippen LogP contribution is -2.74. The average Bonchev–Trinajstić information content (AvgIpc) is 2.94. The van der Waals surface area contributed by atoms with E-state index < -0.39 is 79.9 Å². The van der Waals surface area contributed by atoms with Crippen molar-refractivity contribution in [1.29, 1.82) is 0 Å². The van der Waals surface area contributed by atoms with Crippen molar-refractivity contribution in [2.24, 2.45) is 0 Å². The summed E-state index contributed by atoms with van der Waals surface area (Å²) in [5.41, 5.74) is 0. The fourth-order valence-electron chi connectivity index (χ4n) is 5.35. The molecule has 0 saturated carbocycles. The summed E-state index contributed by atoms with van der Waals surface area (Å²) in [6, 6.07) is -0.780. The van der Waals surface area contributed by atoms with Crippen molar-refractivity contribution in [3.8, 4) is 0 Å². The molecule has 0 radical (unpaired) electrons. The minimum absolute atomic E-state index is 0.135. The fraction of sp³-hybridized carbons (Fsp3) is 1.00. The number of hydrogen-bond donors (Lipinski definition) is 11. The fourth-order valence-corrected chi connectivity index (χ4v) is 5.35. The molecular weight excluding hydrogens is 532 g/mol. The Morgan fingerprint density at radius 2 is 1.23 bits per heavy atom. The molecule has 0 aromatic carbocycles. The normalized spacial score (nSPS) is 39.5. The van der Waals surface area contributed by atoms with Crippen LogP contribution in [0, 0.1) is 0 Å². The standard InChI is InChI=1S/C26H52N2O12/c1-3-5-7-8-9-10-12-28(26(38)24(36)22(34)20(32)18(15-30)40-26)13-16(11-6-4-2)27-25(37)23(35)21(33)19(31)17(14-29)39-25/h16-24,27,29-38H,3-15H2,1-2H3/t16?,17-,18-,19-,20-,21+,22+,23-,24-,25?,26?/m1/s1. The van der Waals surface area contributed by atoms with Crippen molar-refractivity contribution in [3.05, 3.63) is 0 Å². The van der Waals surface area contributed by atoms with Gasteiger partial charge in [0.1, 0.15) is 36.6 Å². The molecular formula is C26H52N2O12. The molecule has 0 aliphatic carbocycles. The highest BCUT2D eigenvalue weighted by Gasteiger charge is 2.57. The van der Waals surface area contributed by atoms with Gasteiger partial charge in [0.2, 0.25) is 0 Å². The summed E-state index contributed by atoms with van der Waals surface area (Å²) >= 11 is 0. The molecule has 40 heavy (non-hydrogen) atoms. The SMILES string of the molecule is CCCCCCCCN(CC(CCCC)NC1(O)O[C@H](CO)[C@@H](O)[C@H](O)[C@H]1O)C1(O)O[C@H](CO)[C@@H](O)[C@H](O)[C@H]1O. The van der Waals surface area contributed by atoms with Crippen LogP contribution in [0.15, 0.2) is 0 Å². The monoisotopic (exact) mass is 584 g/mol. The third kappa shape index (κ3) is 8.51. The van der Waals surface area contributed by atoms with Gasteiger partial charge in [-0.3, -0.25) is 5.32 Å². The van der Waals surface area contributed by atoms with Gasteiger partial charge in [-0.25, -0.2) is 4.90 Å². The zero-order chi connectivity index (χ0) is 30.1. The molecule has 14 nitrogen and oxygen atoms in total. The van der Waals surface area contributed by atoms with E-state index in [9.17, 15) is 51.1 Å². The Bertz CT molecular complexity index is 721. The van der Waals surface area contributed by atoms with Gasteiger partial charge in [-0.15, -0.1) is 0 Å². The van der Waals surface area contributed by atoms with E-state index in [0.717, 1.165) is 38.5 Å². The van der Waals surface area contributed by atoms with Crippen molar-refractivity contribution < 1.29 is 60.5 Å². The topological polar surface area (TPSA) is 236 Å². The molecule has 238 valence electrons. The summed E-state index contributed by atoms with van der Waals surface area (Å²) in [5.74, 6) is -5.12. The lowest BCUT2D eigenvalue weighted by Gasteiger charge is -2.51. The molecule has 0 bridgehead atoms. The molecule has 2 fully saturated rings. The molecule has 0 aromatic heterocycles. The smallest absolute Gasteiger partial charge is 0.258 e. The van der Waals surface area contributed by atoms with Crippen LogP contribution in [0.4, 0.5) is 0 Å². The van der Waals surface area contributed by atoms with Crippen LogP contribution in [-0.4, -0.2) is 149 Å². The summed E-state index contributed by atoms with van der Waals surface area (Å²) in [6.07, 6.45) is -6.60. The highest BCUT2D eigenvalue weighted by Crippen LogP contribution is 2.33. The number of hydrogen-bond acceptors (Lipinski definition) is 14. The number of nitrogens with zero attached hydrogens (tertiary/aromatic N) is 1. The molecule has 0 amide bonds. The van der Waals surface area contributed by atoms with Gasteiger partial charge in [0.15, 0.2) is 12.2 Å². The van der Waals surface area contributed by atoms with Crippen molar-refractivity contribution in [3.63, 3.8) is 0 Å². The average molecular weight is 585 g/mol. The molecule has 11 atom stereocenters. The van der Waals surface area contributed by atoms with Gasteiger partial charge in [-0.1, -0.05) is 58.8 Å². The summed E-state index contributed by atoms with van der Waals surface area (Å²) in [7, 11) is 0. The highest BCUT2D eigenvalue weighted by atomic mass is 16.7. The molecule has 11 N–H and O–H groups in total. The van der Waals surface area contributed by atoms with Crippen LogP contribution in [0.2, 0.25) is 0 Å². The van der Waals surface area contributed by atoms with Crippen LogP contribution in [0.5, 0.6) is 0 Å². The second-order valence-electron chi connectivity index (χ2n) is 11.1. The summed E-state index contributed by atoms with van der Waals surface area (Å²) in [5, 5.41) is 107. The van der Waals surface area contributed by atoms with E-state index in [2.05, 4.69) is 12.2 Å². The predicted molar refractivity (Wildman–Crippen MR) is 141 cm³/mol. The van der Waals surface area contributed by atoms with Gasteiger partial charge >= 0.3 is 0 Å². The number of ether oxygens (including phenoxy) is 2. The van der Waals surface area contributed by atoms with E-state index in [-0.39, 0.29) is 13.1 Å². The molecule has 2 rings (SSSR count). The van der Waals surface area contributed by atoms with Gasteiger partial charge in [0.25, 0.3) is 11.8 Å². The number of aliphatic hydroxyl groups is 10. The highest BCUT2D eigenvalue weighted by molar-refractivity contribution is 4.99. The first-order valence-corrected chi connectivity index (χ1v) is 14.5. The Hall–Kier alpha value is -0.560. The number of nitrogens with one attached hydrogen (secondary N) is 1. The number of unbranched alkanes of at least 4 members (excludes halogenated alkanes) is 6. The molecule has 2 heterocycles. The molecule has 2 aliphatic heterocycles. The van der Waals surface area contributed by atoms with Crippen molar-refractivity contribution in [2.45, 2.75) is 138 Å². The molecule has 2 saturated heterocycles. The minimum atomic E-state index is -2.59. The molecule has 3 unspecified atom stereocenters. The van der Waals surface area contributed by atoms with Gasteiger partial charge < -0.3 is 60.5 Å². The maximum absolute atomic E-state index is 11.6. The zero-order valence-corrected chi connectivity index (χ0v) is 23.6. The third-order valence-corrected chi connectivity index (χ3v) is 7.90. The first-order valence-electron chi connectivity index (χ1n) is 14.5. The summed E-state index contributed by atoms with van der Waals surface area (Å²) in [6.45, 7) is 2.57. The van der Waals surface area contributed by atoms with Crippen LogP contribution in [0.3, 0.4) is 0 Å². The van der Waals surface area contributed by atoms with E-state index in [0.29, 0.717) is 19.3 Å². The first-order chi connectivity index (χ1) is 18.9. The Morgan fingerprint density at radius 1 is 0.700 bits per heavy atom. The molecule has 0 spiro atoms. The van der Waals surface area contributed by atoms with Gasteiger partial charge in [-0.05, 0) is 12.8 Å². The van der Waals surface area contributed by atoms with Crippen LogP contribution < -0.4 is 5.32 Å². The maximum Gasteiger partial charge on any atom is 0.258 e. The molecule has 14 heteroatoms. The largest absolute Gasteiger partial charge is 0.394 e. The Kier molecular flexibility index (Phi) is 14.5. The zero-order valence-electron chi connectivity index (χ0n) is 23.6. The van der Waals surface area contributed by atoms with Gasteiger partial charge in [0, 0.05) is 19.1 Å². The Labute approximate surface area is 235 Å². The number of aliphatic hydroxyl groups excluding tert-OH is 8. The van der Waals surface area contributed by atoms with Gasteiger partial charge in [0.05, 0.1) is 13.2 Å². The quantitative estimate of drug-likeness (QED) is 0.0605. The Morgan fingerprint density at radius 3 is 1.80 bits per heavy atom. The second kappa shape index (κ2) is 16.3. The molecule has 0 aromatic rings. The van der Waals surface area contributed by atoms with E-state index >= 15 is 0 Å². The van der Waals surface area contributed by atoms with Crippen molar-refractivity contribution in [1.82, 2.24) is 10.2 Å². The van der Waals surface area contributed by atoms with E-state index in [1.54, 1.807) is 0 Å². The van der Waals surface area contributed by atoms with Gasteiger partial charge in [-0.2, -0.15) is 0 Å². The van der Waals surface area contributed by atoms with Crippen molar-refractivity contribution >= 4 is 0 Å². The van der Waals surface area contributed by atoms with E-state index in [4.69, 9.17) is 9.47 Å². The lowest BCUT2D eigenvalue weighted by atomic mass is 9.94. The van der Waals surface area contributed by atoms with Crippen LogP contribution in [0.1, 0.15) is 71.6 Å². The Balaban J connectivity index is 2.33. The summed E-state index contributed by atoms with van der Waals surface area (Å²) < 4.78 is 10.9. The summed E-state index contributed by atoms with van der Waals surface area (Å²) in [4.78, 5) is 1.34. The van der Waals surface area contributed by atoms with Crippen LogP contribution in [-0.2, 0) is 9.47 Å². The van der Waals surface area contributed by atoms with Crippen LogP contribution in [0.25, 0.3) is 0 Å². The third-order valence-electron chi connectivity index (χ3n) is 7.90. The maximum atomic E-state index is 11.6. The second-order valence-corrected chi connectivity index (χ2v) is 11.1.